The van der Waals surface area contributed by atoms with Crippen LogP contribution in [0.25, 0.3) is 0 Å². The van der Waals surface area contributed by atoms with Gasteiger partial charge < -0.3 is 19.9 Å². The molecule has 0 aliphatic rings. The molecule has 0 bridgehead atoms. The van der Waals surface area contributed by atoms with Crippen molar-refractivity contribution in [2.24, 2.45) is 0 Å². The summed E-state index contributed by atoms with van der Waals surface area (Å²) in [5, 5.41) is 24.2. The van der Waals surface area contributed by atoms with Crippen LogP contribution >= 0.6 is 0 Å². The fourth-order valence-electron chi connectivity index (χ4n) is 1.07. The third kappa shape index (κ3) is 5.08. The van der Waals surface area contributed by atoms with Gasteiger partial charge in [-0.3, -0.25) is 0 Å². The summed E-state index contributed by atoms with van der Waals surface area (Å²) in [6.07, 6.45) is 0. The predicted octanol–water partition coefficient (Wildman–Crippen LogP) is 1.16. The molecule has 0 unspecified atom stereocenters. The average Bonchev–Trinajstić information content (AvgIpc) is 2.20. The van der Waals surface area contributed by atoms with E-state index < -0.39 is 18.9 Å². The van der Waals surface area contributed by atoms with Crippen LogP contribution in [0.5, 0.6) is 5.75 Å². The minimum Gasteiger partial charge on any atom is -0.485 e. The third-order valence-electron chi connectivity index (χ3n) is 2.93. The Morgan fingerprint density at radius 1 is 1.06 bits per heavy atom. The molecule has 102 valence electrons. The van der Waals surface area contributed by atoms with Crippen LogP contribution in [-0.4, -0.2) is 34.0 Å². The van der Waals surface area contributed by atoms with Crippen LogP contribution in [0, 0.1) is 6.92 Å². The second-order valence-corrected chi connectivity index (χ2v) is 5.08. The van der Waals surface area contributed by atoms with E-state index >= 15 is 0 Å². The molecule has 3 N–H and O–H groups in total. The number of benzene rings is 1. The van der Waals surface area contributed by atoms with Gasteiger partial charge in [0.2, 0.25) is 0 Å². The standard InChI is InChI=1S/C13H20O2.BH3O2/c1-10-8-6-7-9-11(10)15-13(4,5)12(2,3)14;2-1-3/h6-9,14H,1-5H3;1-3H. The van der Waals surface area contributed by atoms with Gasteiger partial charge in [0.05, 0.1) is 5.60 Å². The first kappa shape index (κ1) is 17.0. The van der Waals surface area contributed by atoms with E-state index in [4.69, 9.17) is 14.8 Å². The molecule has 0 aromatic heterocycles. The molecule has 0 heterocycles. The molecule has 0 aliphatic carbocycles. The molecule has 0 amide bonds. The fraction of sp³-hybridized carbons (Fsp3) is 0.538. The van der Waals surface area contributed by atoms with Gasteiger partial charge in [-0.05, 0) is 46.2 Å². The number of hydrogen-bond acceptors (Lipinski definition) is 4. The highest BCUT2D eigenvalue weighted by Gasteiger charge is 2.37. The molecule has 0 saturated carbocycles. The first-order valence-electron chi connectivity index (χ1n) is 5.84. The number of hydrogen-bond donors (Lipinski definition) is 3. The zero-order valence-electron chi connectivity index (χ0n) is 11.8. The van der Waals surface area contributed by atoms with Crippen LogP contribution < -0.4 is 4.74 Å². The minimum absolute atomic E-state index is 0.612. The zero-order chi connectivity index (χ0) is 14.4. The van der Waals surface area contributed by atoms with Crippen molar-refractivity contribution in [2.45, 2.75) is 45.8 Å². The number of ether oxygens (including phenoxy) is 1. The van der Waals surface area contributed by atoms with E-state index in [2.05, 4.69) is 0 Å². The summed E-state index contributed by atoms with van der Waals surface area (Å²) in [6, 6.07) is 7.82. The van der Waals surface area contributed by atoms with Crippen molar-refractivity contribution in [3.05, 3.63) is 29.8 Å². The maximum absolute atomic E-state index is 9.97. The molecule has 18 heavy (non-hydrogen) atoms. The molecule has 0 spiro atoms. The average molecular weight is 254 g/mol. The minimum atomic E-state index is -0.880. The van der Waals surface area contributed by atoms with Crippen molar-refractivity contribution in [2.75, 3.05) is 0 Å². The molecular formula is C13H23BO4. The van der Waals surface area contributed by atoms with Crippen molar-refractivity contribution in [3.8, 4) is 5.75 Å². The van der Waals surface area contributed by atoms with Crippen molar-refractivity contribution in [3.63, 3.8) is 0 Å². The molecule has 1 rings (SSSR count). The van der Waals surface area contributed by atoms with Crippen LogP contribution in [0.2, 0.25) is 0 Å². The summed E-state index contributed by atoms with van der Waals surface area (Å²) >= 11 is 0. The van der Waals surface area contributed by atoms with Gasteiger partial charge in [0, 0.05) is 0 Å². The second-order valence-electron chi connectivity index (χ2n) is 5.08. The summed E-state index contributed by atoms with van der Waals surface area (Å²) in [5.74, 6) is 0.824. The summed E-state index contributed by atoms with van der Waals surface area (Å²) in [4.78, 5) is 0. The molecule has 0 aliphatic heterocycles. The Morgan fingerprint density at radius 2 is 1.50 bits per heavy atom. The van der Waals surface area contributed by atoms with Crippen LogP contribution in [0.3, 0.4) is 0 Å². The van der Waals surface area contributed by atoms with Crippen LogP contribution in [0.4, 0.5) is 0 Å². The van der Waals surface area contributed by atoms with Gasteiger partial charge in [0.1, 0.15) is 11.4 Å². The van der Waals surface area contributed by atoms with E-state index in [0.29, 0.717) is 0 Å². The van der Waals surface area contributed by atoms with Crippen molar-refractivity contribution in [1.29, 1.82) is 0 Å². The lowest BCUT2D eigenvalue weighted by molar-refractivity contribution is -0.0909. The smallest absolute Gasteiger partial charge is 0.432 e. The Hall–Kier alpha value is -1.04. The molecule has 4 nitrogen and oxygen atoms in total. The Balaban J connectivity index is 0.000000873. The van der Waals surface area contributed by atoms with E-state index in [1.165, 1.54) is 0 Å². The lowest BCUT2D eigenvalue weighted by Crippen LogP contribution is -2.49. The number of para-hydroxylation sites is 1. The maximum Gasteiger partial charge on any atom is 0.432 e. The zero-order valence-corrected chi connectivity index (χ0v) is 11.8. The van der Waals surface area contributed by atoms with Crippen LogP contribution in [0.1, 0.15) is 33.3 Å². The highest BCUT2D eigenvalue weighted by atomic mass is 16.5. The van der Waals surface area contributed by atoms with Crippen LogP contribution in [-0.2, 0) is 0 Å². The Bertz CT molecular complexity index is 358. The molecule has 0 radical (unpaired) electrons. The van der Waals surface area contributed by atoms with E-state index in [0.717, 1.165) is 11.3 Å². The summed E-state index contributed by atoms with van der Waals surface area (Å²) < 4.78 is 5.85. The lowest BCUT2D eigenvalue weighted by atomic mass is 9.89. The van der Waals surface area contributed by atoms with Crippen molar-refractivity contribution >= 4 is 7.69 Å². The summed E-state index contributed by atoms with van der Waals surface area (Å²) in [6.45, 7) is 9.28. The number of aryl methyl sites for hydroxylation is 1. The molecule has 0 saturated heterocycles. The van der Waals surface area contributed by atoms with Gasteiger partial charge in [0.25, 0.3) is 0 Å². The van der Waals surface area contributed by atoms with Gasteiger partial charge >= 0.3 is 7.69 Å². The highest BCUT2D eigenvalue weighted by molar-refractivity contribution is 6.13. The van der Waals surface area contributed by atoms with Gasteiger partial charge in [-0.1, -0.05) is 18.2 Å². The SMILES string of the molecule is Cc1ccccc1OC(C)(C)C(C)(C)O.OBO. The summed E-state index contributed by atoms with van der Waals surface area (Å²) in [5.41, 5.74) is -0.413. The van der Waals surface area contributed by atoms with Crippen molar-refractivity contribution < 1.29 is 19.9 Å². The normalized spacial score (nSPS) is 11.3. The first-order valence-corrected chi connectivity index (χ1v) is 5.84. The Kier molecular flexibility index (Phi) is 6.39. The Labute approximate surface area is 110 Å². The fourth-order valence-corrected chi connectivity index (χ4v) is 1.07. The van der Waals surface area contributed by atoms with Gasteiger partial charge in [-0.2, -0.15) is 0 Å². The van der Waals surface area contributed by atoms with Gasteiger partial charge in [0.15, 0.2) is 0 Å². The lowest BCUT2D eigenvalue weighted by Gasteiger charge is -2.37. The molecule has 0 fully saturated rings. The van der Waals surface area contributed by atoms with Gasteiger partial charge in [-0.15, -0.1) is 0 Å². The van der Waals surface area contributed by atoms with Gasteiger partial charge in [-0.25, -0.2) is 0 Å². The first-order chi connectivity index (χ1) is 8.15. The maximum atomic E-state index is 9.97. The molecular weight excluding hydrogens is 231 g/mol. The quantitative estimate of drug-likeness (QED) is 0.708. The molecule has 1 aromatic carbocycles. The van der Waals surface area contributed by atoms with E-state index in [1.54, 1.807) is 13.8 Å². The topological polar surface area (TPSA) is 69.9 Å². The third-order valence-corrected chi connectivity index (χ3v) is 2.93. The van der Waals surface area contributed by atoms with Crippen LogP contribution in [0.15, 0.2) is 24.3 Å². The molecule has 1 aromatic rings. The largest absolute Gasteiger partial charge is 0.485 e. The number of aliphatic hydroxyl groups is 1. The summed E-state index contributed by atoms with van der Waals surface area (Å²) in [7, 11) is -0.750. The molecule has 0 atom stereocenters. The Morgan fingerprint density at radius 3 is 1.89 bits per heavy atom. The molecule has 5 heteroatoms. The monoisotopic (exact) mass is 254 g/mol. The number of rotatable bonds is 3. The second kappa shape index (κ2) is 6.78. The van der Waals surface area contributed by atoms with E-state index in [-0.39, 0.29) is 0 Å². The predicted molar refractivity (Wildman–Crippen MR) is 73.8 cm³/mol. The van der Waals surface area contributed by atoms with E-state index in [1.807, 2.05) is 45.0 Å². The van der Waals surface area contributed by atoms with Crippen molar-refractivity contribution in [1.82, 2.24) is 0 Å². The van der Waals surface area contributed by atoms with E-state index in [9.17, 15) is 5.11 Å². The highest BCUT2D eigenvalue weighted by Crippen LogP contribution is 2.29.